The fourth-order valence-corrected chi connectivity index (χ4v) is 3.96. The summed E-state index contributed by atoms with van der Waals surface area (Å²) in [5, 5.41) is 19.2. The summed E-state index contributed by atoms with van der Waals surface area (Å²) in [6.45, 7) is 1.36. The molecule has 0 saturated carbocycles. The summed E-state index contributed by atoms with van der Waals surface area (Å²) in [4.78, 5) is 15.6. The second-order valence-corrected chi connectivity index (χ2v) is 7.27. The SMILES string of the molecule is Cn1cc(-c2ccccc2)nc1C1(O)CCN(c2ncnc3[nH]ncc23)CC1. The molecule has 4 heterocycles. The first-order valence-corrected chi connectivity index (χ1v) is 9.35. The minimum Gasteiger partial charge on any atom is -0.382 e. The van der Waals surface area contributed by atoms with Crippen molar-refractivity contribution in [2.24, 2.45) is 7.05 Å². The molecule has 0 bridgehead atoms. The molecule has 142 valence electrons. The molecule has 0 unspecified atom stereocenters. The van der Waals surface area contributed by atoms with Gasteiger partial charge in [-0.05, 0) is 0 Å². The van der Waals surface area contributed by atoms with E-state index in [0.29, 0.717) is 31.8 Å². The fraction of sp³-hybridized carbons (Fsp3) is 0.300. The molecule has 28 heavy (non-hydrogen) atoms. The Morgan fingerprint density at radius 1 is 1.11 bits per heavy atom. The molecule has 1 aliphatic heterocycles. The predicted molar refractivity (Wildman–Crippen MR) is 106 cm³/mol. The van der Waals surface area contributed by atoms with Gasteiger partial charge in [-0.3, -0.25) is 5.10 Å². The number of aromatic nitrogens is 6. The Kier molecular flexibility index (Phi) is 3.87. The molecule has 0 amide bonds. The van der Waals surface area contributed by atoms with Crippen LogP contribution in [0, 0.1) is 0 Å². The number of H-pyrrole nitrogens is 1. The van der Waals surface area contributed by atoms with E-state index in [4.69, 9.17) is 4.98 Å². The second-order valence-electron chi connectivity index (χ2n) is 7.27. The van der Waals surface area contributed by atoms with Gasteiger partial charge in [-0.1, -0.05) is 30.3 Å². The van der Waals surface area contributed by atoms with Crippen molar-refractivity contribution in [2.45, 2.75) is 18.4 Å². The molecule has 8 heteroatoms. The van der Waals surface area contributed by atoms with Gasteiger partial charge in [-0.2, -0.15) is 5.10 Å². The van der Waals surface area contributed by atoms with Gasteiger partial charge in [0.05, 0.1) is 17.3 Å². The van der Waals surface area contributed by atoms with Crippen LogP contribution in [0.1, 0.15) is 18.7 Å². The van der Waals surface area contributed by atoms with E-state index in [-0.39, 0.29) is 0 Å². The summed E-state index contributed by atoms with van der Waals surface area (Å²) in [6.07, 6.45) is 6.43. The highest BCUT2D eigenvalue weighted by atomic mass is 16.3. The Labute approximate surface area is 161 Å². The topological polar surface area (TPSA) is 95.7 Å². The number of benzene rings is 1. The number of aryl methyl sites for hydroxylation is 1. The van der Waals surface area contributed by atoms with Crippen LogP contribution in [-0.2, 0) is 12.6 Å². The minimum absolute atomic E-state index is 0.579. The number of rotatable bonds is 3. The monoisotopic (exact) mass is 375 g/mol. The van der Waals surface area contributed by atoms with E-state index in [1.54, 1.807) is 12.5 Å². The zero-order chi connectivity index (χ0) is 19.1. The van der Waals surface area contributed by atoms with Gasteiger partial charge in [0.15, 0.2) is 5.65 Å². The summed E-state index contributed by atoms with van der Waals surface area (Å²) in [7, 11) is 1.94. The Morgan fingerprint density at radius 2 is 1.89 bits per heavy atom. The van der Waals surface area contributed by atoms with Gasteiger partial charge in [0.1, 0.15) is 23.6 Å². The predicted octanol–water partition coefficient (Wildman–Crippen LogP) is 2.24. The third-order valence-electron chi connectivity index (χ3n) is 5.48. The van der Waals surface area contributed by atoms with Crippen LogP contribution in [-0.4, -0.2) is 47.9 Å². The molecule has 4 aromatic rings. The lowest BCUT2D eigenvalue weighted by Crippen LogP contribution is -2.44. The lowest BCUT2D eigenvalue weighted by atomic mass is 9.90. The van der Waals surface area contributed by atoms with E-state index in [2.05, 4.69) is 25.1 Å². The summed E-state index contributed by atoms with van der Waals surface area (Å²) in [6, 6.07) is 10.0. The third-order valence-corrected chi connectivity index (χ3v) is 5.48. The minimum atomic E-state index is -0.958. The number of anilines is 1. The quantitative estimate of drug-likeness (QED) is 0.570. The van der Waals surface area contributed by atoms with Crippen molar-refractivity contribution >= 4 is 16.9 Å². The average molecular weight is 375 g/mol. The van der Waals surface area contributed by atoms with Crippen molar-refractivity contribution in [3.8, 4) is 11.3 Å². The molecule has 1 fully saturated rings. The number of fused-ring (bicyclic) bond motifs is 1. The van der Waals surface area contributed by atoms with Crippen LogP contribution in [0.2, 0.25) is 0 Å². The van der Waals surface area contributed by atoms with Crippen LogP contribution in [0.4, 0.5) is 5.82 Å². The highest BCUT2D eigenvalue weighted by Gasteiger charge is 2.38. The molecule has 8 nitrogen and oxygen atoms in total. The smallest absolute Gasteiger partial charge is 0.160 e. The van der Waals surface area contributed by atoms with Gasteiger partial charge in [0.2, 0.25) is 0 Å². The van der Waals surface area contributed by atoms with E-state index < -0.39 is 5.60 Å². The number of aromatic amines is 1. The molecule has 1 aromatic carbocycles. The van der Waals surface area contributed by atoms with Crippen LogP contribution in [0.5, 0.6) is 0 Å². The van der Waals surface area contributed by atoms with Crippen molar-refractivity contribution in [1.29, 1.82) is 0 Å². The molecule has 0 radical (unpaired) electrons. The third kappa shape index (κ3) is 2.73. The number of nitrogens with one attached hydrogen (secondary N) is 1. The van der Waals surface area contributed by atoms with Crippen molar-refractivity contribution < 1.29 is 5.11 Å². The van der Waals surface area contributed by atoms with E-state index in [1.165, 1.54) is 0 Å². The van der Waals surface area contributed by atoms with Gasteiger partial charge >= 0.3 is 0 Å². The molecule has 0 spiro atoms. The highest BCUT2D eigenvalue weighted by molar-refractivity contribution is 5.86. The standard InChI is InChI=1S/C20H21N7O/c1-26-12-16(14-5-3-2-4-6-14)24-19(26)20(28)7-9-27(10-8-20)18-15-11-23-25-17(15)21-13-22-18/h2-6,11-13,28H,7-10H2,1H3,(H,21,22,23,25). The van der Waals surface area contributed by atoms with Gasteiger partial charge in [0, 0.05) is 44.7 Å². The van der Waals surface area contributed by atoms with Crippen LogP contribution >= 0.6 is 0 Å². The number of aliphatic hydroxyl groups is 1. The van der Waals surface area contributed by atoms with E-state index in [0.717, 1.165) is 28.1 Å². The van der Waals surface area contributed by atoms with Crippen molar-refractivity contribution in [2.75, 3.05) is 18.0 Å². The van der Waals surface area contributed by atoms with Gasteiger partial charge in [-0.15, -0.1) is 0 Å². The molecule has 0 atom stereocenters. The van der Waals surface area contributed by atoms with E-state index in [1.807, 2.05) is 48.1 Å². The Hall–Kier alpha value is -3.26. The second kappa shape index (κ2) is 6.42. The molecule has 3 aromatic heterocycles. The molecule has 5 rings (SSSR count). The van der Waals surface area contributed by atoms with Crippen LogP contribution in [0.3, 0.4) is 0 Å². The zero-order valence-corrected chi connectivity index (χ0v) is 15.6. The average Bonchev–Trinajstić information content (AvgIpc) is 3.36. The molecule has 2 N–H and O–H groups in total. The maximum atomic E-state index is 11.4. The first kappa shape index (κ1) is 16.9. The normalized spacial score (nSPS) is 16.6. The summed E-state index contributed by atoms with van der Waals surface area (Å²) in [5.74, 6) is 1.56. The number of hydrogen-bond donors (Lipinski definition) is 2. The molecule has 1 saturated heterocycles. The molecule has 0 aliphatic carbocycles. The van der Waals surface area contributed by atoms with E-state index >= 15 is 0 Å². The number of hydrogen-bond acceptors (Lipinski definition) is 6. The van der Waals surface area contributed by atoms with Crippen LogP contribution in [0.15, 0.2) is 49.1 Å². The maximum absolute atomic E-state index is 11.4. The van der Waals surface area contributed by atoms with Crippen molar-refractivity contribution in [1.82, 2.24) is 29.7 Å². The Balaban J connectivity index is 1.40. The zero-order valence-electron chi connectivity index (χ0n) is 15.6. The maximum Gasteiger partial charge on any atom is 0.160 e. The summed E-state index contributed by atoms with van der Waals surface area (Å²) >= 11 is 0. The van der Waals surface area contributed by atoms with Crippen LogP contribution in [0.25, 0.3) is 22.3 Å². The Bertz CT molecular complexity index is 1110. The fourth-order valence-electron chi connectivity index (χ4n) is 3.96. The highest BCUT2D eigenvalue weighted by Crippen LogP contribution is 2.35. The summed E-state index contributed by atoms with van der Waals surface area (Å²) in [5.41, 5.74) is 1.70. The lowest BCUT2D eigenvalue weighted by Gasteiger charge is -2.38. The van der Waals surface area contributed by atoms with Gasteiger partial charge < -0.3 is 14.6 Å². The van der Waals surface area contributed by atoms with Crippen LogP contribution < -0.4 is 4.90 Å². The molecule has 1 aliphatic rings. The van der Waals surface area contributed by atoms with Crippen molar-refractivity contribution in [3.05, 3.63) is 54.9 Å². The van der Waals surface area contributed by atoms with Gasteiger partial charge in [0.25, 0.3) is 0 Å². The summed E-state index contributed by atoms with van der Waals surface area (Å²) < 4.78 is 1.94. The molecular weight excluding hydrogens is 354 g/mol. The van der Waals surface area contributed by atoms with E-state index in [9.17, 15) is 5.11 Å². The van der Waals surface area contributed by atoms with Gasteiger partial charge in [-0.25, -0.2) is 15.0 Å². The number of nitrogens with zero attached hydrogens (tertiary/aromatic N) is 6. The largest absolute Gasteiger partial charge is 0.382 e. The lowest BCUT2D eigenvalue weighted by molar-refractivity contribution is 0.000756. The first-order chi connectivity index (χ1) is 13.6. The number of imidazole rings is 1. The van der Waals surface area contributed by atoms with Crippen molar-refractivity contribution in [3.63, 3.8) is 0 Å². The molecular formula is C20H21N7O. The Morgan fingerprint density at radius 3 is 2.68 bits per heavy atom. The number of piperidine rings is 1. The first-order valence-electron chi connectivity index (χ1n) is 9.35.